The molecule has 0 heterocycles. The third-order valence-electron chi connectivity index (χ3n) is 4.70. The van der Waals surface area contributed by atoms with Crippen LogP contribution in [0.1, 0.15) is 15.9 Å². The molecule has 0 aliphatic heterocycles. The molecule has 0 aliphatic carbocycles. The molecule has 0 radical (unpaired) electrons. The van der Waals surface area contributed by atoms with Gasteiger partial charge in [-0.25, -0.2) is 4.39 Å². The maximum absolute atomic E-state index is 13.4. The number of nitro groups is 1. The fourth-order valence-electron chi connectivity index (χ4n) is 3.03. The minimum absolute atomic E-state index is 0.0723. The molecule has 35 heavy (non-hydrogen) atoms. The van der Waals surface area contributed by atoms with Gasteiger partial charge < -0.3 is 20.1 Å². The van der Waals surface area contributed by atoms with Crippen molar-refractivity contribution in [1.82, 2.24) is 5.32 Å². The smallest absolute Gasteiger partial charge is 0.272 e. The van der Waals surface area contributed by atoms with Gasteiger partial charge >= 0.3 is 0 Å². The third-order valence-corrected chi connectivity index (χ3v) is 5.01. The second kappa shape index (κ2) is 11.1. The highest BCUT2D eigenvalue weighted by atomic mass is 35.5. The molecule has 2 amide bonds. The summed E-state index contributed by atoms with van der Waals surface area (Å²) in [6.45, 7) is 0. The molecule has 0 atom stereocenters. The summed E-state index contributed by atoms with van der Waals surface area (Å²) in [4.78, 5) is 36.4. The van der Waals surface area contributed by atoms with Crippen LogP contribution >= 0.6 is 11.6 Å². The average Bonchev–Trinajstić information content (AvgIpc) is 2.83. The van der Waals surface area contributed by atoms with Crippen LogP contribution in [-0.4, -0.2) is 31.0 Å². The number of nitro benzene ring substituents is 1. The monoisotopic (exact) mass is 499 g/mol. The first-order valence-corrected chi connectivity index (χ1v) is 10.4. The summed E-state index contributed by atoms with van der Waals surface area (Å²) in [5.41, 5.74) is 0.0859. The minimum Gasteiger partial charge on any atom is -0.493 e. The number of amides is 2. The quantitative estimate of drug-likeness (QED) is 0.260. The van der Waals surface area contributed by atoms with Gasteiger partial charge in [-0.15, -0.1) is 0 Å². The molecule has 0 saturated carbocycles. The van der Waals surface area contributed by atoms with Gasteiger partial charge in [0.2, 0.25) is 0 Å². The van der Waals surface area contributed by atoms with Crippen molar-refractivity contribution < 1.29 is 28.4 Å². The number of hydrogen-bond donors (Lipinski definition) is 2. The SMILES string of the molecule is COc1ccc(NC(=O)/C(=C\c2cccc([N+](=O)[O-])c2)NC(=O)c2ccc(F)cc2Cl)cc1OC. The predicted octanol–water partition coefficient (Wildman–Crippen LogP) is 4.81. The lowest BCUT2D eigenvalue weighted by molar-refractivity contribution is -0.384. The number of ether oxygens (including phenoxy) is 2. The van der Waals surface area contributed by atoms with Crippen molar-refractivity contribution in [3.05, 3.63) is 98.4 Å². The van der Waals surface area contributed by atoms with E-state index in [0.29, 0.717) is 17.2 Å². The van der Waals surface area contributed by atoms with E-state index in [2.05, 4.69) is 10.6 Å². The molecule has 11 heteroatoms. The van der Waals surface area contributed by atoms with Gasteiger partial charge in [-0.05, 0) is 42.0 Å². The Morgan fingerprint density at radius 1 is 1.03 bits per heavy atom. The highest BCUT2D eigenvalue weighted by molar-refractivity contribution is 6.34. The highest BCUT2D eigenvalue weighted by Crippen LogP contribution is 2.30. The Hall–Kier alpha value is -4.44. The van der Waals surface area contributed by atoms with E-state index in [1.165, 1.54) is 56.7 Å². The number of nitrogens with one attached hydrogen (secondary N) is 2. The van der Waals surface area contributed by atoms with E-state index < -0.39 is 22.6 Å². The van der Waals surface area contributed by atoms with Gasteiger partial charge in [0.05, 0.1) is 29.7 Å². The maximum atomic E-state index is 13.4. The van der Waals surface area contributed by atoms with E-state index in [1.807, 2.05) is 0 Å². The van der Waals surface area contributed by atoms with Crippen molar-refractivity contribution in [3.63, 3.8) is 0 Å². The number of halogens is 2. The first kappa shape index (κ1) is 25.2. The van der Waals surface area contributed by atoms with Crippen LogP contribution in [-0.2, 0) is 4.79 Å². The zero-order chi connectivity index (χ0) is 25.5. The van der Waals surface area contributed by atoms with Gasteiger partial charge in [0.25, 0.3) is 17.5 Å². The van der Waals surface area contributed by atoms with Gasteiger partial charge in [0, 0.05) is 23.9 Å². The van der Waals surface area contributed by atoms with Crippen LogP contribution in [0, 0.1) is 15.9 Å². The van der Waals surface area contributed by atoms with Gasteiger partial charge in [0.15, 0.2) is 11.5 Å². The third kappa shape index (κ3) is 6.33. The normalized spacial score (nSPS) is 10.9. The van der Waals surface area contributed by atoms with Crippen LogP contribution in [0.3, 0.4) is 0 Å². The van der Waals surface area contributed by atoms with Crippen molar-refractivity contribution in [1.29, 1.82) is 0 Å². The molecule has 3 aromatic carbocycles. The van der Waals surface area contributed by atoms with Gasteiger partial charge in [-0.3, -0.25) is 19.7 Å². The van der Waals surface area contributed by atoms with E-state index in [1.54, 1.807) is 12.1 Å². The largest absolute Gasteiger partial charge is 0.493 e. The molecule has 3 rings (SSSR count). The number of nitrogens with zero attached hydrogens (tertiary/aromatic N) is 1. The zero-order valence-corrected chi connectivity index (χ0v) is 19.3. The second-order valence-corrected chi connectivity index (χ2v) is 7.42. The summed E-state index contributed by atoms with van der Waals surface area (Å²) in [5, 5.41) is 16.0. The van der Waals surface area contributed by atoms with E-state index in [9.17, 15) is 24.1 Å². The van der Waals surface area contributed by atoms with Gasteiger partial charge in [-0.2, -0.15) is 0 Å². The summed E-state index contributed by atoms with van der Waals surface area (Å²) in [6.07, 6.45) is 1.26. The van der Waals surface area contributed by atoms with E-state index in [-0.39, 0.29) is 27.5 Å². The molecular weight excluding hydrogens is 481 g/mol. The van der Waals surface area contributed by atoms with Crippen LogP contribution < -0.4 is 20.1 Å². The Kier molecular flexibility index (Phi) is 8.00. The molecule has 0 unspecified atom stereocenters. The molecule has 0 saturated heterocycles. The number of carbonyl (C=O) groups is 2. The minimum atomic E-state index is -0.783. The Bertz CT molecular complexity index is 1330. The van der Waals surface area contributed by atoms with Crippen LogP contribution in [0.2, 0.25) is 5.02 Å². The van der Waals surface area contributed by atoms with Crippen molar-refractivity contribution in [2.24, 2.45) is 0 Å². The number of benzene rings is 3. The van der Waals surface area contributed by atoms with Crippen LogP contribution in [0.25, 0.3) is 6.08 Å². The number of methoxy groups -OCH3 is 2. The molecular formula is C24H19ClFN3O6. The number of non-ortho nitro benzene ring substituents is 1. The Balaban J connectivity index is 1.97. The molecule has 2 N–H and O–H groups in total. The highest BCUT2D eigenvalue weighted by Gasteiger charge is 2.18. The molecule has 0 aromatic heterocycles. The fourth-order valence-corrected chi connectivity index (χ4v) is 3.28. The standard InChI is InChI=1S/C24H19ClFN3O6/c1-34-21-9-7-16(13-22(21)35-2)27-24(31)20(11-14-4-3-5-17(10-14)29(32)33)28-23(30)18-8-6-15(26)12-19(18)25/h3-13H,1-2H3,(H,27,31)(H,28,30)/b20-11+. The van der Waals surface area contributed by atoms with Crippen molar-refractivity contribution in [2.75, 3.05) is 19.5 Å². The zero-order valence-electron chi connectivity index (χ0n) is 18.5. The fraction of sp³-hybridized carbons (Fsp3) is 0.0833. The second-order valence-electron chi connectivity index (χ2n) is 7.01. The van der Waals surface area contributed by atoms with E-state index in [0.717, 1.165) is 12.1 Å². The average molecular weight is 500 g/mol. The van der Waals surface area contributed by atoms with E-state index in [4.69, 9.17) is 21.1 Å². The Morgan fingerprint density at radius 3 is 2.43 bits per heavy atom. The summed E-state index contributed by atoms with van der Waals surface area (Å²) >= 11 is 5.97. The lowest BCUT2D eigenvalue weighted by atomic mass is 10.1. The molecule has 9 nitrogen and oxygen atoms in total. The molecule has 0 spiro atoms. The number of rotatable bonds is 8. The first-order chi connectivity index (χ1) is 16.7. The van der Waals surface area contributed by atoms with Crippen LogP contribution in [0.5, 0.6) is 11.5 Å². The molecule has 0 fully saturated rings. The summed E-state index contributed by atoms with van der Waals surface area (Å²) < 4.78 is 23.8. The number of hydrogen-bond acceptors (Lipinski definition) is 6. The first-order valence-electron chi connectivity index (χ1n) is 9.97. The summed E-state index contributed by atoms with van der Waals surface area (Å²) in [5.74, 6) is -1.36. The maximum Gasteiger partial charge on any atom is 0.272 e. The van der Waals surface area contributed by atoms with Crippen LogP contribution in [0.4, 0.5) is 15.8 Å². The number of carbonyl (C=O) groups excluding carboxylic acids is 2. The summed E-state index contributed by atoms with van der Waals surface area (Å²) in [7, 11) is 2.90. The predicted molar refractivity (Wildman–Crippen MR) is 128 cm³/mol. The lowest BCUT2D eigenvalue weighted by Crippen LogP contribution is -2.31. The lowest BCUT2D eigenvalue weighted by Gasteiger charge is -2.13. The topological polar surface area (TPSA) is 120 Å². The van der Waals surface area contributed by atoms with Crippen molar-refractivity contribution in [2.45, 2.75) is 0 Å². The van der Waals surface area contributed by atoms with Gasteiger partial charge in [0.1, 0.15) is 11.5 Å². The van der Waals surface area contributed by atoms with E-state index >= 15 is 0 Å². The van der Waals surface area contributed by atoms with Crippen molar-refractivity contribution in [3.8, 4) is 11.5 Å². The molecule has 0 bridgehead atoms. The van der Waals surface area contributed by atoms with Gasteiger partial charge in [-0.1, -0.05) is 23.7 Å². The molecule has 0 aliphatic rings. The Labute approximate surface area is 204 Å². The van der Waals surface area contributed by atoms with Crippen LogP contribution in [0.15, 0.2) is 66.4 Å². The molecule has 180 valence electrons. The Morgan fingerprint density at radius 2 is 1.77 bits per heavy atom. The summed E-state index contributed by atoms with van der Waals surface area (Å²) in [6, 6.07) is 13.3. The number of anilines is 1. The van der Waals surface area contributed by atoms with Crippen molar-refractivity contribution >= 4 is 40.9 Å². The molecule has 3 aromatic rings.